The normalized spacial score (nSPS) is 17.0. The lowest BCUT2D eigenvalue weighted by Gasteiger charge is -2.34. The second-order valence-corrected chi connectivity index (χ2v) is 7.26. The van der Waals surface area contributed by atoms with Gasteiger partial charge in [0.15, 0.2) is 4.96 Å². The van der Waals surface area contributed by atoms with Crippen LogP contribution < -0.4 is 0 Å². The number of benzene rings is 1. The number of aromatic nitrogens is 2. The molecule has 0 amide bonds. The quantitative estimate of drug-likeness (QED) is 0.720. The molecule has 120 valence electrons. The van der Waals surface area contributed by atoms with E-state index >= 15 is 0 Å². The van der Waals surface area contributed by atoms with Crippen molar-refractivity contribution in [3.8, 4) is 0 Å². The molecular formula is C18H22N4S. The Balaban J connectivity index is 1.25. The minimum atomic E-state index is 1.06. The molecule has 0 spiro atoms. The summed E-state index contributed by atoms with van der Waals surface area (Å²) in [6.45, 7) is 6.90. The maximum atomic E-state index is 4.35. The van der Waals surface area contributed by atoms with Crippen LogP contribution in [0.25, 0.3) is 4.96 Å². The van der Waals surface area contributed by atoms with Gasteiger partial charge in [0.25, 0.3) is 0 Å². The van der Waals surface area contributed by atoms with E-state index in [0.717, 1.165) is 31.0 Å². The van der Waals surface area contributed by atoms with Crippen molar-refractivity contribution in [1.82, 2.24) is 19.2 Å². The number of rotatable bonds is 5. The Bertz CT molecular complexity index is 712. The van der Waals surface area contributed by atoms with Crippen LogP contribution in [0.2, 0.25) is 0 Å². The molecule has 0 atom stereocenters. The number of imidazole rings is 1. The fraction of sp³-hybridized carbons (Fsp3) is 0.389. The number of hydrogen-bond acceptors (Lipinski definition) is 4. The molecule has 4 nitrogen and oxygen atoms in total. The summed E-state index contributed by atoms with van der Waals surface area (Å²) < 4.78 is 2.12. The molecule has 5 heteroatoms. The van der Waals surface area contributed by atoms with E-state index in [9.17, 15) is 0 Å². The van der Waals surface area contributed by atoms with E-state index in [1.165, 1.54) is 30.1 Å². The average Bonchev–Trinajstić information content (AvgIpc) is 3.17. The van der Waals surface area contributed by atoms with E-state index in [4.69, 9.17) is 0 Å². The van der Waals surface area contributed by atoms with E-state index in [0.29, 0.717) is 0 Å². The van der Waals surface area contributed by atoms with Crippen LogP contribution in [0.5, 0.6) is 0 Å². The van der Waals surface area contributed by atoms with Crippen molar-refractivity contribution in [2.75, 3.05) is 32.7 Å². The van der Waals surface area contributed by atoms with Crippen LogP contribution in [-0.2, 0) is 13.0 Å². The van der Waals surface area contributed by atoms with Gasteiger partial charge in [0.1, 0.15) is 0 Å². The van der Waals surface area contributed by atoms with Gasteiger partial charge in [0, 0.05) is 62.7 Å². The maximum absolute atomic E-state index is 4.35. The number of fused-ring (bicyclic) bond motifs is 1. The summed E-state index contributed by atoms with van der Waals surface area (Å²) in [4.78, 5) is 12.0. The second-order valence-electron chi connectivity index (χ2n) is 6.17. The third kappa shape index (κ3) is 3.63. The molecule has 0 bridgehead atoms. The molecule has 3 heterocycles. The summed E-state index contributed by atoms with van der Waals surface area (Å²) >= 11 is 1.80. The highest BCUT2D eigenvalue weighted by Crippen LogP contribution is 2.18. The molecule has 0 saturated carbocycles. The Hall–Kier alpha value is -1.69. The summed E-state index contributed by atoms with van der Waals surface area (Å²) in [5.74, 6) is 0. The van der Waals surface area contributed by atoms with Gasteiger partial charge in [-0.25, -0.2) is 4.98 Å². The first kappa shape index (κ1) is 14.9. The Kier molecular flexibility index (Phi) is 4.41. The highest BCUT2D eigenvalue weighted by atomic mass is 32.1. The van der Waals surface area contributed by atoms with Gasteiger partial charge in [-0.1, -0.05) is 41.7 Å². The van der Waals surface area contributed by atoms with E-state index in [-0.39, 0.29) is 0 Å². The molecule has 4 rings (SSSR count). The van der Waals surface area contributed by atoms with Crippen LogP contribution in [-0.4, -0.2) is 51.9 Å². The summed E-state index contributed by atoms with van der Waals surface area (Å²) in [5.41, 5.74) is 1.44. The fourth-order valence-electron chi connectivity index (χ4n) is 3.17. The lowest BCUT2D eigenvalue weighted by Crippen LogP contribution is -2.46. The molecule has 1 aliphatic rings. The molecule has 0 N–H and O–H groups in total. The third-order valence-electron chi connectivity index (χ3n) is 4.54. The van der Waals surface area contributed by atoms with E-state index in [1.807, 2.05) is 12.4 Å². The summed E-state index contributed by atoms with van der Waals surface area (Å²) in [5, 5.41) is 0. The monoisotopic (exact) mass is 326 g/mol. The molecule has 0 radical (unpaired) electrons. The molecule has 1 aromatic carbocycles. The maximum Gasteiger partial charge on any atom is 0.193 e. The smallest absolute Gasteiger partial charge is 0.193 e. The Morgan fingerprint density at radius 2 is 1.78 bits per heavy atom. The van der Waals surface area contributed by atoms with E-state index in [1.54, 1.807) is 11.3 Å². The number of thiazole rings is 1. The van der Waals surface area contributed by atoms with E-state index in [2.05, 4.69) is 55.7 Å². The first-order chi connectivity index (χ1) is 11.4. The minimum Gasteiger partial charge on any atom is -0.300 e. The Labute approximate surface area is 141 Å². The molecule has 0 aliphatic carbocycles. The van der Waals surface area contributed by atoms with Crippen LogP contribution in [0.4, 0.5) is 0 Å². The largest absolute Gasteiger partial charge is 0.300 e. The van der Waals surface area contributed by atoms with Crippen LogP contribution >= 0.6 is 11.3 Å². The Morgan fingerprint density at radius 3 is 2.57 bits per heavy atom. The van der Waals surface area contributed by atoms with Crippen molar-refractivity contribution in [2.24, 2.45) is 0 Å². The zero-order valence-electron chi connectivity index (χ0n) is 13.3. The lowest BCUT2D eigenvalue weighted by molar-refractivity contribution is 0.129. The lowest BCUT2D eigenvalue weighted by atomic mass is 10.1. The predicted octanol–water partition coefficient (Wildman–Crippen LogP) is 2.76. The molecular weight excluding hydrogens is 304 g/mol. The van der Waals surface area contributed by atoms with Gasteiger partial charge in [-0.2, -0.15) is 0 Å². The van der Waals surface area contributed by atoms with Crippen molar-refractivity contribution in [2.45, 2.75) is 13.0 Å². The average molecular weight is 326 g/mol. The van der Waals surface area contributed by atoms with Gasteiger partial charge in [0.05, 0.1) is 0 Å². The molecule has 23 heavy (non-hydrogen) atoms. The third-order valence-corrected chi connectivity index (χ3v) is 5.54. The summed E-state index contributed by atoms with van der Waals surface area (Å²) in [6.07, 6.45) is 7.26. The highest BCUT2D eigenvalue weighted by molar-refractivity contribution is 7.17. The standard InChI is InChI=1S/C18H22N4S/c1-2-4-16(5-3-1)6-8-20-10-12-21(13-11-20)14-17-15-22-9-7-19-18(22)23-17/h1-5,7,9,15H,6,8,10-14H2. The van der Waals surface area contributed by atoms with Crippen molar-refractivity contribution < 1.29 is 0 Å². The first-order valence-corrected chi connectivity index (χ1v) is 9.08. The van der Waals surface area contributed by atoms with Crippen LogP contribution in [0.3, 0.4) is 0 Å². The zero-order chi connectivity index (χ0) is 15.5. The van der Waals surface area contributed by atoms with Gasteiger partial charge in [-0.05, 0) is 12.0 Å². The van der Waals surface area contributed by atoms with E-state index < -0.39 is 0 Å². The van der Waals surface area contributed by atoms with Crippen LogP contribution in [0.15, 0.2) is 48.9 Å². The summed E-state index contributed by atoms with van der Waals surface area (Å²) in [7, 11) is 0. The first-order valence-electron chi connectivity index (χ1n) is 8.27. The van der Waals surface area contributed by atoms with Crippen molar-refractivity contribution in [3.05, 3.63) is 59.4 Å². The number of piperazine rings is 1. The fourth-order valence-corrected chi connectivity index (χ4v) is 4.15. The summed E-state index contributed by atoms with van der Waals surface area (Å²) in [6, 6.07) is 10.8. The molecule has 1 aliphatic heterocycles. The van der Waals surface area contributed by atoms with Crippen LogP contribution in [0, 0.1) is 0 Å². The van der Waals surface area contributed by atoms with Gasteiger partial charge < -0.3 is 4.90 Å². The topological polar surface area (TPSA) is 23.8 Å². The van der Waals surface area contributed by atoms with Crippen molar-refractivity contribution in [1.29, 1.82) is 0 Å². The van der Waals surface area contributed by atoms with Gasteiger partial charge in [-0.15, -0.1) is 0 Å². The van der Waals surface area contributed by atoms with Gasteiger partial charge in [0.2, 0.25) is 0 Å². The SMILES string of the molecule is c1ccc(CCN2CCN(Cc3cn4ccnc4s3)CC2)cc1. The molecule has 2 aromatic heterocycles. The zero-order valence-corrected chi connectivity index (χ0v) is 14.1. The van der Waals surface area contributed by atoms with Crippen molar-refractivity contribution in [3.63, 3.8) is 0 Å². The van der Waals surface area contributed by atoms with Gasteiger partial charge in [-0.3, -0.25) is 9.30 Å². The molecule has 3 aromatic rings. The second kappa shape index (κ2) is 6.83. The number of nitrogens with zero attached hydrogens (tertiary/aromatic N) is 4. The van der Waals surface area contributed by atoms with Crippen LogP contribution in [0.1, 0.15) is 10.4 Å². The molecule has 0 unspecified atom stereocenters. The van der Waals surface area contributed by atoms with Crippen molar-refractivity contribution >= 4 is 16.3 Å². The molecule has 1 fully saturated rings. The molecule has 1 saturated heterocycles. The number of hydrogen-bond donors (Lipinski definition) is 0. The minimum absolute atomic E-state index is 1.06. The Morgan fingerprint density at radius 1 is 1.00 bits per heavy atom. The highest BCUT2D eigenvalue weighted by Gasteiger charge is 2.17. The predicted molar refractivity (Wildman–Crippen MR) is 94.9 cm³/mol. The van der Waals surface area contributed by atoms with Gasteiger partial charge >= 0.3 is 0 Å².